The molecule has 0 bridgehead atoms. The van der Waals surface area contributed by atoms with Gasteiger partial charge in [-0.25, -0.2) is 0 Å². The zero-order chi connectivity index (χ0) is 15.9. The molecule has 22 heavy (non-hydrogen) atoms. The summed E-state index contributed by atoms with van der Waals surface area (Å²) in [6.07, 6.45) is -4.36. The summed E-state index contributed by atoms with van der Waals surface area (Å²) in [5.74, 6) is 0.596. The average molecular weight is 329 g/mol. The van der Waals surface area contributed by atoms with Crippen molar-refractivity contribution in [3.63, 3.8) is 0 Å². The third kappa shape index (κ3) is 2.54. The quantitative estimate of drug-likeness (QED) is 0.849. The largest absolute Gasteiger partial charge is 0.495 e. The monoisotopic (exact) mass is 328 g/mol. The van der Waals surface area contributed by atoms with Gasteiger partial charge in [-0.15, -0.1) is 0 Å². The number of methoxy groups -OCH3 is 1. The average Bonchev–Trinajstić information content (AvgIpc) is 2.89. The third-order valence-corrected chi connectivity index (χ3v) is 3.71. The van der Waals surface area contributed by atoms with E-state index in [9.17, 15) is 13.2 Å². The Bertz CT molecular complexity index is 718. The standard InChI is InChI=1S/C15H12ClF3N2O/c1-22-14-5-3-10(16)7-13(14)21-8-20-11-6-9(15(17,18)19)2-4-12(11)21/h2-7,20H,8H2,1H3. The summed E-state index contributed by atoms with van der Waals surface area (Å²) in [6.45, 7) is 0.341. The number of alkyl halides is 3. The first-order chi connectivity index (χ1) is 10.4. The number of halogens is 4. The van der Waals surface area contributed by atoms with Gasteiger partial charge in [0, 0.05) is 5.02 Å². The summed E-state index contributed by atoms with van der Waals surface area (Å²) in [7, 11) is 1.53. The Morgan fingerprint density at radius 3 is 2.59 bits per heavy atom. The summed E-state index contributed by atoms with van der Waals surface area (Å²) >= 11 is 6.01. The molecule has 2 aromatic rings. The van der Waals surface area contributed by atoms with E-state index in [-0.39, 0.29) is 0 Å². The summed E-state index contributed by atoms with van der Waals surface area (Å²) in [6, 6.07) is 8.75. The molecule has 1 aliphatic heterocycles. The van der Waals surface area contributed by atoms with Crippen molar-refractivity contribution in [2.24, 2.45) is 0 Å². The van der Waals surface area contributed by atoms with E-state index >= 15 is 0 Å². The van der Waals surface area contributed by atoms with E-state index < -0.39 is 11.7 Å². The van der Waals surface area contributed by atoms with Gasteiger partial charge in [0.05, 0.1) is 36.4 Å². The summed E-state index contributed by atoms with van der Waals surface area (Å²) in [4.78, 5) is 1.82. The lowest BCUT2D eigenvalue weighted by Crippen LogP contribution is -2.17. The Hall–Kier alpha value is -2.08. The minimum Gasteiger partial charge on any atom is -0.495 e. The van der Waals surface area contributed by atoms with Gasteiger partial charge in [0.15, 0.2) is 0 Å². The molecule has 0 aromatic heterocycles. The van der Waals surface area contributed by atoms with Crippen LogP contribution >= 0.6 is 11.6 Å². The molecule has 0 amide bonds. The van der Waals surface area contributed by atoms with Gasteiger partial charge in [-0.1, -0.05) is 11.6 Å². The van der Waals surface area contributed by atoms with Gasteiger partial charge in [-0.2, -0.15) is 13.2 Å². The molecule has 0 fully saturated rings. The van der Waals surface area contributed by atoms with Crippen molar-refractivity contribution in [2.45, 2.75) is 6.18 Å². The van der Waals surface area contributed by atoms with Crippen LogP contribution in [0.15, 0.2) is 36.4 Å². The van der Waals surface area contributed by atoms with Gasteiger partial charge in [0.1, 0.15) is 5.75 Å². The molecule has 3 nitrogen and oxygen atoms in total. The smallest absolute Gasteiger partial charge is 0.416 e. The molecule has 0 radical (unpaired) electrons. The molecule has 1 heterocycles. The number of nitrogens with zero attached hydrogens (tertiary/aromatic N) is 1. The Balaban J connectivity index is 2.04. The number of benzene rings is 2. The highest BCUT2D eigenvalue weighted by atomic mass is 35.5. The predicted molar refractivity (Wildman–Crippen MR) is 80.1 cm³/mol. The molecule has 116 valence electrons. The van der Waals surface area contributed by atoms with Crippen LogP contribution in [0.2, 0.25) is 5.02 Å². The predicted octanol–water partition coefficient (Wildman–Crippen LogP) is 4.89. The van der Waals surface area contributed by atoms with Gasteiger partial charge in [-0.3, -0.25) is 0 Å². The highest BCUT2D eigenvalue weighted by molar-refractivity contribution is 6.31. The minimum atomic E-state index is -4.36. The number of nitrogens with one attached hydrogen (secondary N) is 1. The number of ether oxygens (including phenoxy) is 1. The normalized spacial score (nSPS) is 13.8. The van der Waals surface area contributed by atoms with Gasteiger partial charge in [0.2, 0.25) is 0 Å². The molecule has 2 aromatic carbocycles. The van der Waals surface area contributed by atoms with Gasteiger partial charge in [-0.05, 0) is 36.4 Å². The second kappa shape index (κ2) is 5.28. The van der Waals surface area contributed by atoms with Crippen LogP contribution in [0.1, 0.15) is 5.56 Å². The fourth-order valence-electron chi connectivity index (χ4n) is 2.43. The summed E-state index contributed by atoms with van der Waals surface area (Å²) in [5, 5.41) is 3.48. The van der Waals surface area contributed by atoms with E-state index in [0.29, 0.717) is 34.5 Å². The van der Waals surface area contributed by atoms with Gasteiger partial charge < -0.3 is 15.0 Å². The van der Waals surface area contributed by atoms with Crippen molar-refractivity contribution in [3.05, 3.63) is 47.0 Å². The van der Waals surface area contributed by atoms with Gasteiger partial charge in [0.25, 0.3) is 0 Å². The molecule has 1 aliphatic rings. The van der Waals surface area contributed by atoms with Crippen molar-refractivity contribution < 1.29 is 17.9 Å². The molecule has 0 aliphatic carbocycles. The Morgan fingerprint density at radius 1 is 1.14 bits per heavy atom. The maximum absolute atomic E-state index is 12.8. The van der Waals surface area contributed by atoms with Crippen LogP contribution in [0, 0.1) is 0 Å². The fraction of sp³-hybridized carbons (Fsp3) is 0.200. The molecule has 7 heteroatoms. The van der Waals surface area contributed by atoms with Crippen molar-refractivity contribution in [1.29, 1.82) is 0 Å². The van der Waals surface area contributed by atoms with Crippen LogP contribution in [-0.4, -0.2) is 13.8 Å². The number of hydrogen-bond acceptors (Lipinski definition) is 3. The van der Waals surface area contributed by atoms with Gasteiger partial charge >= 0.3 is 6.18 Å². The lowest BCUT2D eigenvalue weighted by molar-refractivity contribution is -0.137. The summed E-state index contributed by atoms with van der Waals surface area (Å²) < 4.78 is 43.6. The second-order valence-corrected chi connectivity index (χ2v) is 5.25. The lowest BCUT2D eigenvalue weighted by atomic mass is 10.1. The van der Waals surface area contributed by atoms with E-state index in [1.165, 1.54) is 13.2 Å². The van der Waals surface area contributed by atoms with Crippen molar-refractivity contribution >= 4 is 28.7 Å². The number of hydrogen-bond donors (Lipinski definition) is 1. The van der Waals surface area contributed by atoms with Crippen molar-refractivity contribution in [3.8, 4) is 5.75 Å². The second-order valence-electron chi connectivity index (χ2n) is 4.81. The van der Waals surface area contributed by atoms with E-state index in [0.717, 1.165) is 12.1 Å². The fourth-order valence-corrected chi connectivity index (χ4v) is 2.59. The topological polar surface area (TPSA) is 24.5 Å². The first kappa shape index (κ1) is 14.8. The molecular formula is C15H12ClF3N2O. The van der Waals surface area contributed by atoms with Crippen LogP contribution in [-0.2, 0) is 6.18 Å². The number of fused-ring (bicyclic) bond motifs is 1. The number of rotatable bonds is 2. The molecule has 0 saturated heterocycles. The van der Waals surface area contributed by atoms with Crippen molar-refractivity contribution in [1.82, 2.24) is 0 Å². The van der Waals surface area contributed by atoms with Crippen LogP contribution in [0.3, 0.4) is 0 Å². The Kier molecular flexibility index (Phi) is 3.56. The molecule has 0 atom stereocenters. The van der Waals surface area contributed by atoms with Crippen molar-refractivity contribution in [2.75, 3.05) is 24.0 Å². The molecular weight excluding hydrogens is 317 g/mol. The highest BCUT2D eigenvalue weighted by Gasteiger charge is 2.33. The SMILES string of the molecule is COc1ccc(Cl)cc1N1CNc2cc(C(F)(F)F)ccc21. The maximum atomic E-state index is 12.8. The first-order valence-corrected chi connectivity index (χ1v) is 6.84. The van der Waals surface area contributed by atoms with E-state index in [1.54, 1.807) is 18.2 Å². The van der Waals surface area contributed by atoms with Crippen LogP contribution in [0.25, 0.3) is 0 Å². The molecule has 0 unspecified atom stereocenters. The molecule has 0 saturated carbocycles. The van der Waals surface area contributed by atoms with Crippen LogP contribution in [0.5, 0.6) is 5.75 Å². The molecule has 1 N–H and O–H groups in total. The summed E-state index contributed by atoms with van der Waals surface area (Å²) in [5.41, 5.74) is 1.09. The zero-order valence-electron chi connectivity index (χ0n) is 11.5. The first-order valence-electron chi connectivity index (χ1n) is 6.46. The minimum absolute atomic E-state index is 0.341. The molecule has 3 rings (SSSR count). The van der Waals surface area contributed by atoms with Crippen LogP contribution in [0.4, 0.5) is 30.2 Å². The van der Waals surface area contributed by atoms with Crippen LogP contribution < -0.4 is 15.0 Å². The Morgan fingerprint density at radius 2 is 1.91 bits per heavy atom. The third-order valence-electron chi connectivity index (χ3n) is 3.47. The number of anilines is 3. The lowest BCUT2D eigenvalue weighted by Gasteiger charge is -2.21. The van der Waals surface area contributed by atoms with E-state index in [2.05, 4.69) is 5.32 Å². The Labute approximate surface area is 130 Å². The van der Waals surface area contributed by atoms with E-state index in [4.69, 9.17) is 16.3 Å². The zero-order valence-corrected chi connectivity index (χ0v) is 12.3. The highest BCUT2D eigenvalue weighted by Crippen LogP contribution is 2.44. The maximum Gasteiger partial charge on any atom is 0.416 e. The molecule has 0 spiro atoms. The van der Waals surface area contributed by atoms with E-state index in [1.807, 2.05) is 4.90 Å².